The van der Waals surface area contributed by atoms with Gasteiger partial charge in [-0.2, -0.15) is 13.2 Å². The lowest BCUT2D eigenvalue weighted by atomic mass is 9.85. The summed E-state index contributed by atoms with van der Waals surface area (Å²) in [7, 11) is 0. The lowest BCUT2D eigenvalue weighted by Crippen LogP contribution is -2.59. The van der Waals surface area contributed by atoms with Crippen molar-refractivity contribution in [2.45, 2.75) is 44.1 Å². The van der Waals surface area contributed by atoms with E-state index in [1.807, 2.05) is 6.92 Å². The van der Waals surface area contributed by atoms with Gasteiger partial charge in [0.2, 0.25) is 0 Å². The molecule has 0 bridgehead atoms. The van der Waals surface area contributed by atoms with Crippen LogP contribution in [0.2, 0.25) is 0 Å². The molecule has 1 saturated heterocycles. The number of carbonyl (C=O) groups excluding carboxylic acids is 1. The Labute approximate surface area is 156 Å². The summed E-state index contributed by atoms with van der Waals surface area (Å²) in [5, 5.41) is 13.8. The molecule has 8 nitrogen and oxygen atoms in total. The first-order valence-electron chi connectivity index (χ1n) is 9.09. The van der Waals surface area contributed by atoms with Gasteiger partial charge in [-0.15, -0.1) is 0 Å². The van der Waals surface area contributed by atoms with Crippen LogP contribution in [0.4, 0.5) is 18.0 Å². The van der Waals surface area contributed by atoms with Crippen LogP contribution in [-0.4, -0.2) is 97.1 Å². The highest BCUT2D eigenvalue weighted by molar-refractivity contribution is 5.74. The minimum atomic E-state index is -4.44. The molecule has 0 aromatic rings. The third kappa shape index (κ3) is 6.51. The number of urea groups is 1. The Morgan fingerprint density at radius 2 is 1.93 bits per heavy atom. The van der Waals surface area contributed by atoms with E-state index in [-0.39, 0.29) is 44.9 Å². The molecule has 1 aliphatic heterocycles. The monoisotopic (exact) mass is 396 g/mol. The minimum Gasteiger partial charge on any atom is -0.480 e. The van der Waals surface area contributed by atoms with Crippen LogP contribution in [0.5, 0.6) is 0 Å². The third-order valence-electron chi connectivity index (χ3n) is 5.03. The summed E-state index contributed by atoms with van der Waals surface area (Å²) in [6, 6.07) is -2.48. The number of aliphatic carboxylic acids is 1. The summed E-state index contributed by atoms with van der Waals surface area (Å²) in [4.78, 5) is 25.8. The zero-order chi connectivity index (χ0) is 20.0. The molecule has 1 saturated carbocycles. The summed E-state index contributed by atoms with van der Waals surface area (Å²) in [6.07, 6.45) is -3.27. The van der Waals surface area contributed by atoms with Crippen LogP contribution in [0.3, 0.4) is 0 Å². The molecule has 0 aromatic heterocycles. The molecular weight excluding hydrogens is 369 g/mol. The summed E-state index contributed by atoms with van der Waals surface area (Å²) in [5.41, 5.74) is 0. The Balaban J connectivity index is 1.74. The van der Waals surface area contributed by atoms with E-state index in [2.05, 4.69) is 10.6 Å². The van der Waals surface area contributed by atoms with Gasteiger partial charge in [-0.05, 0) is 19.4 Å². The number of nitrogens with zero attached hydrogens (tertiary/aromatic N) is 2. The molecule has 11 heteroatoms. The maximum atomic E-state index is 13.3. The molecule has 0 radical (unpaired) electrons. The molecule has 0 aromatic carbocycles. The molecule has 3 N–H and O–H groups in total. The summed E-state index contributed by atoms with van der Waals surface area (Å²) < 4.78 is 44.9. The van der Waals surface area contributed by atoms with E-state index in [1.54, 1.807) is 4.90 Å². The highest BCUT2D eigenvalue weighted by Crippen LogP contribution is 2.26. The first-order valence-corrected chi connectivity index (χ1v) is 9.09. The van der Waals surface area contributed by atoms with Crippen LogP contribution < -0.4 is 10.6 Å². The molecule has 1 heterocycles. The Kier molecular flexibility index (Phi) is 7.68. The molecule has 156 valence electrons. The number of hydrogen-bond donors (Lipinski definition) is 3. The number of nitrogens with one attached hydrogen (secondary N) is 2. The van der Waals surface area contributed by atoms with E-state index in [4.69, 9.17) is 9.84 Å². The molecule has 1 unspecified atom stereocenters. The van der Waals surface area contributed by atoms with Crippen LogP contribution in [0.15, 0.2) is 0 Å². The molecule has 2 rings (SSSR count). The normalized spacial score (nSPS) is 24.9. The van der Waals surface area contributed by atoms with Gasteiger partial charge in [-0.25, -0.2) is 4.79 Å². The highest BCUT2D eigenvalue weighted by Gasteiger charge is 2.44. The second-order valence-electron chi connectivity index (χ2n) is 6.84. The number of amides is 2. The number of carboxylic acids is 1. The largest absolute Gasteiger partial charge is 0.480 e. The predicted octanol–water partition coefficient (Wildman–Crippen LogP) is 0.486. The van der Waals surface area contributed by atoms with E-state index in [9.17, 15) is 22.8 Å². The van der Waals surface area contributed by atoms with Crippen LogP contribution in [-0.2, 0) is 9.53 Å². The zero-order valence-electron chi connectivity index (χ0n) is 15.3. The van der Waals surface area contributed by atoms with Crippen LogP contribution in [0.25, 0.3) is 0 Å². The Hall–Kier alpha value is -1.59. The molecule has 27 heavy (non-hydrogen) atoms. The first kappa shape index (κ1) is 21.7. The number of likely N-dealkylation sites (N-methyl/N-ethyl adjacent to an activating group) is 1. The third-order valence-corrected chi connectivity index (χ3v) is 5.03. The van der Waals surface area contributed by atoms with E-state index in [0.29, 0.717) is 19.4 Å². The van der Waals surface area contributed by atoms with Gasteiger partial charge < -0.3 is 20.5 Å². The van der Waals surface area contributed by atoms with E-state index < -0.39 is 30.8 Å². The number of alkyl halides is 3. The molecule has 1 atom stereocenters. The van der Waals surface area contributed by atoms with Gasteiger partial charge in [-0.1, -0.05) is 6.92 Å². The van der Waals surface area contributed by atoms with E-state index in [1.165, 1.54) is 4.90 Å². The topological polar surface area (TPSA) is 94.1 Å². The smallest absolute Gasteiger partial charge is 0.405 e. The van der Waals surface area contributed by atoms with Crippen LogP contribution in [0, 0.1) is 0 Å². The second kappa shape index (κ2) is 9.56. The maximum absolute atomic E-state index is 13.3. The number of halogens is 3. The van der Waals surface area contributed by atoms with E-state index in [0.717, 1.165) is 0 Å². The van der Waals surface area contributed by atoms with Crippen molar-refractivity contribution in [1.82, 2.24) is 20.4 Å². The van der Waals surface area contributed by atoms with Gasteiger partial charge in [0, 0.05) is 31.7 Å². The average Bonchev–Trinajstić information content (AvgIpc) is 2.55. The lowest BCUT2D eigenvalue weighted by molar-refractivity contribution is -0.189. The van der Waals surface area contributed by atoms with Crippen molar-refractivity contribution in [3.05, 3.63) is 0 Å². The molecule has 2 fully saturated rings. The fourth-order valence-corrected chi connectivity index (χ4v) is 3.44. The van der Waals surface area contributed by atoms with Crippen LogP contribution in [0.1, 0.15) is 19.8 Å². The van der Waals surface area contributed by atoms with Crippen molar-refractivity contribution in [2.24, 2.45) is 0 Å². The van der Waals surface area contributed by atoms with Crippen LogP contribution >= 0.6 is 0 Å². The van der Waals surface area contributed by atoms with Crippen molar-refractivity contribution in [3.63, 3.8) is 0 Å². The highest BCUT2D eigenvalue weighted by atomic mass is 19.4. The number of carbonyl (C=O) groups is 2. The second-order valence-corrected chi connectivity index (χ2v) is 6.84. The number of carboxylic acid groups (broad SMARTS) is 1. The van der Waals surface area contributed by atoms with Gasteiger partial charge in [0.1, 0.15) is 6.04 Å². The number of morpholine rings is 1. The number of rotatable bonds is 8. The fraction of sp³-hybridized carbons (Fsp3) is 0.875. The Morgan fingerprint density at radius 1 is 1.30 bits per heavy atom. The average molecular weight is 396 g/mol. The standard InChI is InChI=1S/C16H27F3N4O4/c1-2-22(10-14(24)25)12-7-11(8-12)21-15(26)20-9-13(16(17,18)19)23-3-5-27-6-4-23/h11-13H,2-10H2,1H3,(H,24,25)(H2,20,21,26). The van der Waals surface area contributed by atoms with Gasteiger partial charge in [0.25, 0.3) is 0 Å². The van der Waals surface area contributed by atoms with Gasteiger partial charge in [0.05, 0.1) is 19.8 Å². The quantitative estimate of drug-likeness (QED) is 0.553. The Bertz CT molecular complexity index is 508. The number of hydrogen-bond acceptors (Lipinski definition) is 5. The SMILES string of the molecule is CCN(CC(=O)O)C1CC(NC(=O)NCC(N2CCOCC2)C(F)(F)F)C1. The van der Waals surface area contributed by atoms with Gasteiger partial charge in [0.15, 0.2) is 0 Å². The number of ether oxygens (including phenoxy) is 1. The summed E-state index contributed by atoms with van der Waals surface area (Å²) >= 11 is 0. The maximum Gasteiger partial charge on any atom is 0.405 e. The van der Waals surface area contributed by atoms with Crippen molar-refractivity contribution in [2.75, 3.05) is 45.9 Å². The summed E-state index contributed by atoms with van der Waals surface area (Å²) in [6.45, 7) is 2.70. The molecule has 2 aliphatic rings. The van der Waals surface area contributed by atoms with Crippen molar-refractivity contribution in [1.29, 1.82) is 0 Å². The molecular formula is C16H27F3N4O4. The fourth-order valence-electron chi connectivity index (χ4n) is 3.44. The van der Waals surface area contributed by atoms with Gasteiger partial charge >= 0.3 is 18.2 Å². The minimum absolute atomic E-state index is 0.0626. The lowest BCUT2D eigenvalue weighted by Gasteiger charge is -2.42. The summed E-state index contributed by atoms with van der Waals surface area (Å²) in [5.74, 6) is -0.910. The molecule has 1 aliphatic carbocycles. The van der Waals surface area contributed by atoms with Crippen molar-refractivity contribution in [3.8, 4) is 0 Å². The van der Waals surface area contributed by atoms with Crippen molar-refractivity contribution >= 4 is 12.0 Å². The first-order chi connectivity index (χ1) is 12.7. The Morgan fingerprint density at radius 3 is 2.44 bits per heavy atom. The van der Waals surface area contributed by atoms with Crippen molar-refractivity contribution < 1.29 is 32.6 Å². The van der Waals surface area contributed by atoms with Gasteiger partial charge in [-0.3, -0.25) is 14.6 Å². The predicted molar refractivity (Wildman–Crippen MR) is 90.5 cm³/mol. The molecule has 2 amide bonds. The van der Waals surface area contributed by atoms with E-state index >= 15 is 0 Å². The molecule has 0 spiro atoms. The zero-order valence-corrected chi connectivity index (χ0v) is 15.3.